The smallest absolute Gasteiger partial charge is 0.161 e. The minimum atomic E-state index is -3.76. The van der Waals surface area contributed by atoms with E-state index >= 15 is 0 Å². The van der Waals surface area contributed by atoms with Gasteiger partial charge in [0, 0.05) is 127 Å². The maximum atomic E-state index is 11.3. The predicted molar refractivity (Wildman–Crippen MR) is 456 cm³/mol. The third-order valence-electron chi connectivity index (χ3n) is 23.3. The summed E-state index contributed by atoms with van der Waals surface area (Å²) in [5, 5.41) is 54.4. The van der Waals surface area contributed by atoms with Gasteiger partial charge in [-0.2, -0.15) is 0 Å². The van der Waals surface area contributed by atoms with Crippen LogP contribution in [0.15, 0.2) is 60.7 Å². The lowest BCUT2D eigenvalue weighted by atomic mass is 9.79. The molecule has 10 aliphatic rings. The van der Waals surface area contributed by atoms with Crippen LogP contribution in [0.2, 0.25) is 0 Å². The number of aliphatic hydroxyl groups is 5. The molecule has 0 aromatic heterocycles. The third kappa shape index (κ3) is 21.1. The molecule has 115 heavy (non-hydrogen) atoms. The molecule has 0 spiro atoms. The molecule has 5 saturated heterocycles. The Bertz CT molecular complexity index is 5290. The highest BCUT2D eigenvalue weighted by Crippen LogP contribution is 2.50. The topological polar surface area (TPSA) is 210 Å². The summed E-state index contributed by atoms with van der Waals surface area (Å²) in [4.78, 5) is 8.19. The minimum absolute atomic E-state index is 0.00322. The highest BCUT2D eigenvalue weighted by molar-refractivity contribution is 5.54. The van der Waals surface area contributed by atoms with E-state index < -0.39 is 152 Å². The molecule has 5 aromatic rings. The Labute approximate surface area is 733 Å². The molecule has 10 heterocycles. The molecule has 0 aliphatic carbocycles. The van der Waals surface area contributed by atoms with E-state index in [0.717, 1.165) is 75.2 Å². The van der Waals surface area contributed by atoms with Crippen molar-refractivity contribution in [2.45, 2.75) is 226 Å². The van der Waals surface area contributed by atoms with Crippen LogP contribution in [0.4, 0.5) is 0 Å². The van der Waals surface area contributed by atoms with Crippen LogP contribution in [0.3, 0.4) is 0 Å². The first kappa shape index (κ1) is 56.3. The number of nitrogens with zero attached hydrogens (tertiary/aromatic N) is 5. The van der Waals surface area contributed by atoms with Crippen LogP contribution in [0, 0.1) is 59.1 Å². The Hall–Kier alpha value is -6.30. The lowest BCUT2D eigenvalue weighted by Crippen LogP contribution is -2.48. The standard InChI is InChI=1S/5C19H29NO3/c5*1-12(2)7-14-11-20-6-5-13-8-18(22-3)19(23-4)9-15(13)16(20)10-17(14)21/h5*8-9,12,14,16-17,21H,5-7,10-11H2,1-4H3/i1D3,4D3,7D2,10D2,12D,14D,16D,17D;1D3,7D2,11D2,12D;4D3,11D2;2*11D2. The number of aliphatic hydroxyl groups excluding tert-OH is 4. The van der Waals surface area contributed by atoms with Crippen LogP contribution in [-0.4, -0.2) is 217 Å². The fourth-order valence-corrected chi connectivity index (χ4v) is 17.8. The second-order valence-corrected chi connectivity index (χ2v) is 32.5. The normalized spacial score (nSPS) is 37.3. The molecule has 5 N–H and O–H groups in total. The Morgan fingerprint density at radius 3 is 0.930 bits per heavy atom. The number of methoxy groups -OCH3 is 10. The summed E-state index contributed by atoms with van der Waals surface area (Å²) in [5.74, 6) is -7.00. The van der Waals surface area contributed by atoms with Gasteiger partial charge in [-0.3, -0.25) is 24.5 Å². The Morgan fingerprint density at radius 1 is 0.374 bits per heavy atom. The van der Waals surface area contributed by atoms with Gasteiger partial charge >= 0.3 is 0 Å². The van der Waals surface area contributed by atoms with E-state index in [1.54, 1.807) is 46.6 Å². The van der Waals surface area contributed by atoms with E-state index in [0.29, 0.717) is 136 Å². The number of fused-ring (bicyclic) bond motifs is 15. The number of benzene rings is 5. The average Bonchev–Trinajstić information content (AvgIpc) is 0.661. The zero-order chi connectivity index (χ0) is 110. The Balaban J connectivity index is 0.000000175. The quantitative estimate of drug-likeness (QED) is 0.0491. The third-order valence-corrected chi connectivity index (χ3v) is 23.3. The summed E-state index contributed by atoms with van der Waals surface area (Å²) in [7, 11) is 6.65. The molecule has 20 nitrogen and oxygen atoms in total. The van der Waals surface area contributed by atoms with E-state index in [1.807, 2.05) is 58.9 Å². The van der Waals surface area contributed by atoms with E-state index in [9.17, 15) is 26.9 Å². The largest absolute Gasteiger partial charge is 0.493 e. The molecule has 17 atom stereocenters. The summed E-state index contributed by atoms with van der Waals surface area (Å²) in [5.41, 5.74) is 8.00. The van der Waals surface area contributed by atoms with Crippen molar-refractivity contribution in [3.8, 4) is 57.5 Å². The first-order valence-corrected chi connectivity index (χ1v) is 40.3. The van der Waals surface area contributed by atoms with Crippen molar-refractivity contribution in [3.05, 3.63) is 116 Å². The first-order valence-electron chi connectivity index (χ1n) is 55.8. The van der Waals surface area contributed by atoms with E-state index in [4.69, 9.17) is 88.5 Å². The van der Waals surface area contributed by atoms with Gasteiger partial charge in [0.15, 0.2) is 57.5 Å². The second kappa shape index (κ2) is 40.6. The summed E-state index contributed by atoms with van der Waals surface area (Å²) < 4.78 is 308. The van der Waals surface area contributed by atoms with E-state index in [1.165, 1.54) is 39.4 Å². The highest BCUT2D eigenvalue weighted by Gasteiger charge is 2.45. The van der Waals surface area contributed by atoms with Crippen LogP contribution in [0.1, 0.15) is 261 Å². The number of hydrogen-bond acceptors (Lipinski definition) is 20. The molecular formula is C95H145N5O15. The summed E-state index contributed by atoms with van der Waals surface area (Å²) >= 11 is 0. The molecule has 5 fully saturated rings. The van der Waals surface area contributed by atoms with Crippen molar-refractivity contribution < 1.29 is 115 Å². The number of hydrogen-bond donors (Lipinski definition) is 5. The van der Waals surface area contributed by atoms with Crippen molar-refractivity contribution >= 4 is 0 Å². The lowest BCUT2D eigenvalue weighted by Gasteiger charge is -2.46. The van der Waals surface area contributed by atoms with Gasteiger partial charge < -0.3 is 72.9 Å². The van der Waals surface area contributed by atoms with E-state index in [2.05, 4.69) is 27.7 Å². The van der Waals surface area contributed by atoms with Gasteiger partial charge in [-0.05, 0) is 272 Å². The summed E-state index contributed by atoms with van der Waals surface area (Å²) in [6, 6.07) is 13.5. The molecule has 0 amide bonds. The molecule has 5 aromatic carbocycles. The van der Waals surface area contributed by atoms with Crippen LogP contribution >= 0.6 is 0 Å². The SMILES string of the molecule is [2H]C([2H])([2H])Oc1cc2c(cc1OC)CCN1C2CC(O)C(CC(C)C)C1([2H])[2H].[2H]C([2H])([2H])Oc1cc2c(cc1OC)CCN1CC([2H])(C([2H])([2H])C([2H])(C)C([2H])([2H])[2H])C([2H])(O)C([2H])([2H])C21[2H].[2H]C1([2H])C(C([2H])([2H])C([2H])(C)C([2H])([2H])[2H])C(O)CC2c3cc(OC)c(OC)cc3CCN21.[2H]C1([2H])C(CC(C)C)C(O)CC2c3cc(OC)c(OC)cc3CCN21.[2H]C1([2H])C(CC(C)C)C(O)CC2c3cc(OC)c(OC)cc3CCN21. The first-order chi connectivity index (χ1) is 67.0. The number of piperidine rings is 5. The summed E-state index contributed by atoms with van der Waals surface area (Å²) in [6.07, 6.45) is -10.8. The summed E-state index contributed by atoms with van der Waals surface area (Å²) in [6.45, 7) is 1.62. The van der Waals surface area contributed by atoms with Gasteiger partial charge in [-0.25, -0.2) is 0 Å². The van der Waals surface area contributed by atoms with Crippen molar-refractivity contribution in [3.63, 3.8) is 0 Å². The van der Waals surface area contributed by atoms with Gasteiger partial charge in [0.1, 0.15) is 0 Å². The zero-order valence-corrected chi connectivity index (χ0v) is 69.7. The molecule has 640 valence electrons. The number of ether oxygens (including phenoxy) is 10. The molecule has 0 saturated carbocycles. The van der Waals surface area contributed by atoms with Crippen LogP contribution < -0.4 is 47.4 Å². The minimum Gasteiger partial charge on any atom is -0.493 e. The van der Waals surface area contributed by atoms with Gasteiger partial charge in [0.2, 0.25) is 0 Å². The molecule has 15 rings (SSSR count). The maximum Gasteiger partial charge on any atom is 0.161 e. The monoisotopic (exact) mass is 1630 g/mol. The van der Waals surface area contributed by atoms with Crippen LogP contribution in [0.25, 0.3) is 0 Å². The van der Waals surface area contributed by atoms with Crippen LogP contribution in [0.5, 0.6) is 57.5 Å². The van der Waals surface area contributed by atoms with Crippen molar-refractivity contribution in [1.82, 2.24) is 24.5 Å². The zero-order valence-electron chi connectivity index (χ0n) is 101. The van der Waals surface area contributed by atoms with Crippen LogP contribution in [-0.2, 0) is 32.1 Å². The predicted octanol–water partition coefficient (Wildman–Crippen LogP) is 15.1. The number of rotatable bonds is 20. The Kier molecular flexibility index (Phi) is 19.9. The maximum absolute atomic E-state index is 11.3. The van der Waals surface area contributed by atoms with Crippen molar-refractivity contribution in [1.29, 1.82) is 0 Å². The Morgan fingerprint density at radius 2 is 0.635 bits per heavy atom. The fraction of sp³-hybridized carbons (Fsp3) is 0.684. The van der Waals surface area contributed by atoms with Gasteiger partial charge in [-0.15, -0.1) is 0 Å². The molecule has 10 aliphatic heterocycles. The van der Waals surface area contributed by atoms with Crippen molar-refractivity contribution in [2.24, 2.45) is 59.1 Å². The van der Waals surface area contributed by atoms with E-state index in [-0.39, 0.29) is 84.6 Å². The molecule has 0 radical (unpaired) electrons. The van der Waals surface area contributed by atoms with Gasteiger partial charge in [0.05, 0.1) is 112 Å². The molecule has 20 heteroatoms. The van der Waals surface area contributed by atoms with Crippen molar-refractivity contribution in [2.75, 3.05) is 136 Å². The second-order valence-electron chi connectivity index (χ2n) is 32.5. The van der Waals surface area contributed by atoms with Gasteiger partial charge in [-0.1, -0.05) is 69.1 Å². The lowest BCUT2D eigenvalue weighted by molar-refractivity contribution is -0.0192. The fourth-order valence-electron chi connectivity index (χ4n) is 17.8. The molecular weight excluding hydrogens is 1450 g/mol. The molecule has 17 unspecified atom stereocenters. The average molecular weight is 1630 g/mol. The van der Waals surface area contributed by atoms with Gasteiger partial charge in [0.25, 0.3) is 0 Å². The molecule has 0 bridgehead atoms. The highest BCUT2D eigenvalue weighted by atomic mass is 16.5.